The molecule has 21 heavy (non-hydrogen) atoms. The van der Waals surface area contributed by atoms with Gasteiger partial charge in [0.1, 0.15) is 4.75 Å². The monoisotopic (exact) mass is 306 g/mol. The van der Waals surface area contributed by atoms with Crippen LogP contribution in [-0.2, 0) is 19.3 Å². The zero-order valence-electron chi connectivity index (χ0n) is 11.7. The summed E-state index contributed by atoms with van der Waals surface area (Å²) in [6.07, 6.45) is 6.02. The van der Waals surface area contributed by atoms with Crippen molar-refractivity contribution < 1.29 is 17.9 Å². The minimum atomic E-state index is -3.47. The molecule has 5 heteroatoms. The van der Waals surface area contributed by atoms with Crippen molar-refractivity contribution in [3.63, 3.8) is 0 Å². The Morgan fingerprint density at radius 1 is 1.10 bits per heavy atom. The third-order valence-electron chi connectivity index (χ3n) is 4.96. The normalized spacial score (nSPS) is 38.2. The maximum Gasteiger partial charge on any atom is 0.189 e. The number of allylic oxidation sites excluding steroid dienone is 1. The van der Waals surface area contributed by atoms with E-state index in [0.717, 1.165) is 6.42 Å². The zero-order chi connectivity index (χ0) is 14.6. The van der Waals surface area contributed by atoms with Crippen LogP contribution >= 0.6 is 0 Å². The smallest absolute Gasteiger partial charge is 0.189 e. The number of sulfone groups is 1. The van der Waals surface area contributed by atoms with Gasteiger partial charge in [-0.25, -0.2) is 8.42 Å². The Labute approximate surface area is 124 Å². The summed E-state index contributed by atoms with van der Waals surface area (Å²) >= 11 is 0. The van der Waals surface area contributed by atoms with Crippen LogP contribution in [0.3, 0.4) is 0 Å². The van der Waals surface area contributed by atoms with Gasteiger partial charge in [-0.2, -0.15) is 0 Å². The molecule has 0 bridgehead atoms. The van der Waals surface area contributed by atoms with Gasteiger partial charge in [0.25, 0.3) is 0 Å². The molecule has 0 unspecified atom stereocenters. The van der Waals surface area contributed by atoms with Gasteiger partial charge in [0.05, 0.1) is 18.1 Å². The second-order valence-corrected chi connectivity index (χ2v) is 8.20. The predicted molar refractivity (Wildman–Crippen MR) is 77.5 cm³/mol. The molecule has 4 rings (SSSR count). The summed E-state index contributed by atoms with van der Waals surface area (Å²) in [4.78, 5) is 0.373. The first-order valence-electron chi connectivity index (χ1n) is 7.35. The summed E-state index contributed by atoms with van der Waals surface area (Å²) in [5.74, 6) is -0.920. The second-order valence-electron chi connectivity index (χ2n) is 5.99. The molecule has 0 N–H and O–H groups in total. The van der Waals surface area contributed by atoms with Crippen LogP contribution in [-0.4, -0.2) is 32.2 Å². The summed E-state index contributed by atoms with van der Waals surface area (Å²) < 4.78 is 37.3. The Hall–Kier alpha value is -1.17. The number of hydrogen-bond donors (Lipinski definition) is 0. The van der Waals surface area contributed by atoms with Crippen LogP contribution in [0.15, 0.2) is 47.4 Å². The number of hydrogen-bond acceptors (Lipinski definition) is 4. The summed E-state index contributed by atoms with van der Waals surface area (Å²) in [6, 6.07) is 8.69. The topological polar surface area (TPSA) is 52.6 Å². The van der Waals surface area contributed by atoms with E-state index in [2.05, 4.69) is 0 Å². The summed E-state index contributed by atoms with van der Waals surface area (Å²) in [6.45, 7) is 0.894. The molecule has 0 aromatic heterocycles. The fraction of sp³-hybridized carbons (Fsp3) is 0.500. The van der Waals surface area contributed by atoms with E-state index in [1.54, 1.807) is 24.3 Å². The van der Waals surface area contributed by atoms with Gasteiger partial charge in [0.2, 0.25) is 0 Å². The molecule has 3 atom stereocenters. The molecule has 1 saturated heterocycles. The van der Waals surface area contributed by atoms with Crippen molar-refractivity contribution in [3.8, 4) is 0 Å². The lowest BCUT2D eigenvalue weighted by Gasteiger charge is -2.36. The predicted octanol–water partition coefficient (Wildman–Crippen LogP) is 2.31. The van der Waals surface area contributed by atoms with Gasteiger partial charge in [0, 0.05) is 12.3 Å². The lowest BCUT2D eigenvalue weighted by atomic mass is 10.0. The minimum Gasteiger partial charge on any atom is -0.348 e. The van der Waals surface area contributed by atoms with Gasteiger partial charge in [-0.15, -0.1) is 0 Å². The Balaban J connectivity index is 1.80. The fourth-order valence-electron chi connectivity index (χ4n) is 3.83. The molecule has 0 radical (unpaired) electrons. The molecular formula is C16H18O4S. The van der Waals surface area contributed by atoms with Crippen LogP contribution in [0.5, 0.6) is 0 Å². The van der Waals surface area contributed by atoms with E-state index >= 15 is 0 Å². The van der Waals surface area contributed by atoms with Crippen molar-refractivity contribution in [2.75, 3.05) is 13.2 Å². The lowest BCUT2D eigenvalue weighted by Crippen LogP contribution is -2.50. The van der Waals surface area contributed by atoms with Crippen molar-refractivity contribution in [1.82, 2.24) is 0 Å². The molecule has 2 aliphatic heterocycles. The minimum absolute atomic E-state index is 0.0563. The van der Waals surface area contributed by atoms with Gasteiger partial charge in [-0.3, -0.25) is 0 Å². The lowest BCUT2D eigenvalue weighted by molar-refractivity contribution is -0.217. The van der Waals surface area contributed by atoms with E-state index in [9.17, 15) is 8.42 Å². The van der Waals surface area contributed by atoms with Crippen molar-refractivity contribution in [2.45, 2.75) is 34.7 Å². The molecule has 2 fully saturated rings. The first-order chi connectivity index (χ1) is 10.1. The summed E-state index contributed by atoms with van der Waals surface area (Å²) in [5.41, 5.74) is 0. The molecule has 4 nitrogen and oxygen atoms in total. The number of fused-ring (bicyclic) bond motifs is 2. The maximum atomic E-state index is 13.2. The SMILES string of the molecule is O=S(=O)(c1ccccc1)[C@@]12C[C@@H]1CO[C@]21CCC=CCO1. The molecule has 1 spiro atoms. The Morgan fingerprint density at radius 3 is 2.67 bits per heavy atom. The molecule has 1 aromatic rings. The van der Waals surface area contributed by atoms with Crippen LogP contribution < -0.4 is 0 Å². The standard InChI is InChI=1S/C16H18O4S/c17-21(18,14-7-3-1-4-8-14)15-11-13(15)12-20-16(15)9-5-2-6-10-19-16/h1-4,6-8,13H,5,9-12H2/t13-,15+,16-/m1/s1. The van der Waals surface area contributed by atoms with E-state index in [0.29, 0.717) is 31.0 Å². The zero-order valence-corrected chi connectivity index (χ0v) is 12.5. The van der Waals surface area contributed by atoms with E-state index in [-0.39, 0.29) is 5.92 Å². The van der Waals surface area contributed by atoms with Crippen molar-refractivity contribution in [3.05, 3.63) is 42.5 Å². The number of benzene rings is 1. The largest absolute Gasteiger partial charge is 0.348 e. The number of ether oxygens (including phenoxy) is 2. The molecule has 3 aliphatic rings. The molecular weight excluding hydrogens is 288 g/mol. The van der Waals surface area contributed by atoms with Crippen molar-refractivity contribution in [1.29, 1.82) is 0 Å². The van der Waals surface area contributed by atoms with Gasteiger partial charge >= 0.3 is 0 Å². The Bertz CT molecular complexity index is 669. The van der Waals surface area contributed by atoms with E-state index in [1.807, 2.05) is 18.2 Å². The number of rotatable bonds is 2. The summed E-state index contributed by atoms with van der Waals surface area (Å²) in [7, 11) is -3.47. The van der Waals surface area contributed by atoms with Crippen LogP contribution in [0.1, 0.15) is 19.3 Å². The van der Waals surface area contributed by atoms with E-state index < -0.39 is 20.4 Å². The highest BCUT2D eigenvalue weighted by Gasteiger charge is 2.80. The van der Waals surface area contributed by atoms with Gasteiger partial charge in [0.15, 0.2) is 15.6 Å². The third-order valence-corrected chi connectivity index (χ3v) is 7.63. The van der Waals surface area contributed by atoms with E-state index in [1.165, 1.54) is 0 Å². The van der Waals surface area contributed by atoms with E-state index in [4.69, 9.17) is 9.47 Å². The van der Waals surface area contributed by atoms with Gasteiger partial charge in [-0.05, 0) is 25.0 Å². The highest BCUT2D eigenvalue weighted by Crippen LogP contribution is 2.66. The van der Waals surface area contributed by atoms with Crippen LogP contribution in [0.2, 0.25) is 0 Å². The highest BCUT2D eigenvalue weighted by molar-refractivity contribution is 7.93. The van der Waals surface area contributed by atoms with Gasteiger partial charge < -0.3 is 9.47 Å². The second kappa shape index (κ2) is 4.41. The van der Waals surface area contributed by atoms with Crippen molar-refractivity contribution >= 4 is 9.84 Å². The van der Waals surface area contributed by atoms with Crippen LogP contribution in [0, 0.1) is 5.92 Å². The molecule has 2 heterocycles. The summed E-state index contributed by atoms with van der Waals surface area (Å²) in [5, 5.41) is 0. The van der Waals surface area contributed by atoms with Crippen LogP contribution in [0.4, 0.5) is 0 Å². The first kappa shape index (κ1) is 13.5. The molecule has 1 aromatic carbocycles. The molecule has 1 saturated carbocycles. The average Bonchev–Trinajstić information content (AvgIpc) is 3.21. The molecule has 112 valence electrons. The Morgan fingerprint density at radius 2 is 1.90 bits per heavy atom. The first-order valence-corrected chi connectivity index (χ1v) is 8.83. The third kappa shape index (κ3) is 1.65. The van der Waals surface area contributed by atoms with Gasteiger partial charge in [-0.1, -0.05) is 30.4 Å². The maximum absolute atomic E-state index is 13.2. The quantitative estimate of drug-likeness (QED) is 0.787. The fourth-order valence-corrected chi connectivity index (χ4v) is 6.32. The molecule has 1 aliphatic carbocycles. The Kier molecular flexibility index (Phi) is 2.83. The average molecular weight is 306 g/mol. The molecule has 0 amide bonds. The highest BCUT2D eigenvalue weighted by atomic mass is 32.2. The van der Waals surface area contributed by atoms with Crippen molar-refractivity contribution in [2.24, 2.45) is 5.92 Å². The van der Waals surface area contributed by atoms with Crippen LogP contribution in [0.25, 0.3) is 0 Å².